The lowest BCUT2D eigenvalue weighted by molar-refractivity contribution is 0.159. The number of rotatable bonds is 12. The Labute approximate surface area is 186 Å². The van der Waals surface area contributed by atoms with Crippen molar-refractivity contribution in [2.75, 3.05) is 13.7 Å². The predicted octanol–water partition coefficient (Wildman–Crippen LogP) is 6.25. The van der Waals surface area contributed by atoms with Crippen LogP contribution in [0.4, 0.5) is 0 Å². The van der Waals surface area contributed by atoms with E-state index in [0.29, 0.717) is 6.61 Å². The average Bonchev–Trinajstić information content (AvgIpc) is 2.74. The van der Waals surface area contributed by atoms with Crippen LogP contribution in [-0.2, 0) is 4.84 Å². The van der Waals surface area contributed by atoms with Gasteiger partial charge in [0.05, 0.1) is 18.4 Å². The average molecular weight is 426 g/mol. The summed E-state index contributed by atoms with van der Waals surface area (Å²) in [4.78, 5) is 4.70. The van der Waals surface area contributed by atoms with E-state index in [1.807, 2.05) is 55.5 Å². The maximum absolute atomic E-state index is 6.26. The second-order valence-corrected chi connectivity index (χ2v) is 7.69. The highest BCUT2D eigenvalue weighted by atomic mass is 16.6. The maximum atomic E-state index is 6.26. The largest absolute Gasteiger partial charge is 0.491 e. The van der Waals surface area contributed by atoms with Gasteiger partial charge in [0.1, 0.15) is 31.0 Å². The Kier molecular flexibility index (Phi) is 9.95. The number of allylic oxidation sites excluding steroid dienone is 1. The molecule has 0 aliphatic heterocycles. The van der Waals surface area contributed by atoms with Gasteiger partial charge >= 0.3 is 0 Å². The summed E-state index contributed by atoms with van der Waals surface area (Å²) in [5.41, 5.74) is 3.14. The van der Waals surface area contributed by atoms with Crippen molar-refractivity contribution in [3.63, 3.8) is 0 Å². The van der Waals surface area contributed by atoms with Crippen LogP contribution in [0, 0.1) is 13.8 Å². The number of aryl methyl sites for hydroxylation is 2. The Hall–Kier alpha value is -2.95. The van der Waals surface area contributed by atoms with Gasteiger partial charge in [0.15, 0.2) is 0 Å². The van der Waals surface area contributed by atoms with Gasteiger partial charge in [-0.1, -0.05) is 17.3 Å². The van der Waals surface area contributed by atoms with Gasteiger partial charge in [-0.3, -0.25) is 0 Å². The van der Waals surface area contributed by atoms with E-state index in [4.69, 9.17) is 19.0 Å². The molecule has 0 fully saturated rings. The number of nitrogens with zero attached hydrogens (tertiary/aromatic N) is 1. The summed E-state index contributed by atoms with van der Waals surface area (Å²) in [6.45, 7) is 10.9. The first kappa shape index (κ1) is 24.3. The molecule has 5 heteroatoms. The number of ether oxygens (including phenoxy) is 3. The molecule has 0 amide bonds. The van der Waals surface area contributed by atoms with E-state index in [1.165, 1.54) is 7.11 Å². The summed E-state index contributed by atoms with van der Waals surface area (Å²) in [7, 11) is 1.53. The van der Waals surface area contributed by atoms with Crippen LogP contribution in [0.3, 0.4) is 0 Å². The summed E-state index contributed by atoms with van der Waals surface area (Å²) in [6, 6.07) is 11.9. The molecule has 2 aromatic rings. The molecular weight excluding hydrogens is 390 g/mol. The summed E-state index contributed by atoms with van der Waals surface area (Å²) in [5.74, 6) is 2.65. The van der Waals surface area contributed by atoms with Gasteiger partial charge in [-0.05, 0) is 101 Å². The monoisotopic (exact) mass is 425 g/mol. The zero-order chi connectivity index (χ0) is 22.6. The quantitative estimate of drug-likeness (QED) is 0.229. The number of benzene rings is 2. The van der Waals surface area contributed by atoms with Crippen LogP contribution < -0.4 is 14.2 Å². The van der Waals surface area contributed by atoms with E-state index in [9.17, 15) is 0 Å². The van der Waals surface area contributed by atoms with Crippen molar-refractivity contribution < 1.29 is 19.0 Å². The van der Waals surface area contributed by atoms with Crippen LogP contribution in [0.15, 0.2) is 53.7 Å². The van der Waals surface area contributed by atoms with Crippen molar-refractivity contribution in [2.45, 2.75) is 59.7 Å². The van der Waals surface area contributed by atoms with Gasteiger partial charge in [-0.15, -0.1) is 0 Å². The van der Waals surface area contributed by atoms with Crippen molar-refractivity contribution in [2.24, 2.45) is 5.16 Å². The first-order chi connectivity index (χ1) is 14.9. The first-order valence-corrected chi connectivity index (χ1v) is 10.8. The molecule has 2 aromatic carbocycles. The molecular formula is C26H35NO4. The molecule has 168 valence electrons. The minimum Gasteiger partial charge on any atom is -0.491 e. The third-order valence-electron chi connectivity index (χ3n) is 4.84. The molecule has 0 aliphatic rings. The van der Waals surface area contributed by atoms with Crippen molar-refractivity contribution in [1.29, 1.82) is 0 Å². The maximum Gasteiger partial charge on any atom is 0.125 e. The smallest absolute Gasteiger partial charge is 0.125 e. The Morgan fingerprint density at radius 2 is 1.52 bits per heavy atom. The fourth-order valence-electron chi connectivity index (χ4n) is 3.19. The third-order valence-corrected chi connectivity index (χ3v) is 4.84. The minimum absolute atomic E-state index is 0.0888. The highest BCUT2D eigenvalue weighted by molar-refractivity contribution is 5.79. The van der Waals surface area contributed by atoms with E-state index in [1.54, 1.807) is 6.21 Å². The molecule has 5 nitrogen and oxygen atoms in total. The molecule has 0 spiro atoms. The lowest BCUT2D eigenvalue weighted by atomic mass is 10.1. The fraction of sp³-hybridized carbons (Fsp3) is 0.423. The van der Waals surface area contributed by atoms with Gasteiger partial charge in [-0.2, -0.15) is 0 Å². The van der Waals surface area contributed by atoms with Gasteiger partial charge < -0.3 is 19.0 Å². The molecule has 0 bridgehead atoms. The Morgan fingerprint density at radius 3 is 2.10 bits per heavy atom. The van der Waals surface area contributed by atoms with Crippen LogP contribution in [0.2, 0.25) is 0 Å². The summed E-state index contributed by atoms with van der Waals surface area (Å²) >= 11 is 0. The highest BCUT2D eigenvalue weighted by Crippen LogP contribution is 2.30. The summed E-state index contributed by atoms with van der Waals surface area (Å²) < 4.78 is 18.0. The van der Waals surface area contributed by atoms with Gasteiger partial charge in [0, 0.05) is 0 Å². The summed E-state index contributed by atoms with van der Waals surface area (Å²) in [6.07, 6.45) is 7.62. The second kappa shape index (κ2) is 12.7. The number of hydrogen-bond donors (Lipinski definition) is 0. The second-order valence-electron chi connectivity index (χ2n) is 7.69. The third kappa shape index (κ3) is 8.36. The highest BCUT2D eigenvalue weighted by Gasteiger charge is 2.13. The van der Waals surface area contributed by atoms with Crippen LogP contribution in [0.25, 0.3) is 0 Å². The molecule has 0 heterocycles. The molecule has 0 saturated heterocycles. The molecule has 31 heavy (non-hydrogen) atoms. The van der Waals surface area contributed by atoms with Crippen LogP contribution >= 0.6 is 0 Å². The molecule has 2 rings (SSSR count). The van der Waals surface area contributed by atoms with E-state index in [0.717, 1.165) is 46.8 Å². The van der Waals surface area contributed by atoms with Gasteiger partial charge in [0.25, 0.3) is 0 Å². The molecule has 0 aliphatic carbocycles. The number of oxime groups is 1. The minimum atomic E-state index is 0.0888. The van der Waals surface area contributed by atoms with Crippen molar-refractivity contribution in [1.82, 2.24) is 0 Å². The Balaban J connectivity index is 1.84. The van der Waals surface area contributed by atoms with E-state index < -0.39 is 0 Å². The van der Waals surface area contributed by atoms with Gasteiger partial charge in [0.2, 0.25) is 0 Å². The van der Waals surface area contributed by atoms with Crippen LogP contribution in [0.5, 0.6) is 17.2 Å². The standard InChI is InChI=1S/C26H35NO4/c1-7-8-15-29-25-16-19(2)26(20(3)17-25)31-22(5)10-9-21(4)30-24-13-11-23(12-14-24)18-27-28-6/h7-8,11-14,16-18,21-22H,9-10,15H2,1-6H3/b8-7+,27-18?. The number of hydrogen-bond acceptors (Lipinski definition) is 5. The topological polar surface area (TPSA) is 49.3 Å². The zero-order valence-electron chi connectivity index (χ0n) is 19.6. The lowest BCUT2D eigenvalue weighted by Gasteiger charge is -2.21. The van der Waals surface area contributed by atoms with Crippen LogP contribution in [-0.4, -0.2) is 32.1 Å². The van der Waals surface area contributed by atoms with E-state index in [2.05, 4.69) is 32.9 Å². The predicted molar refractivity (Wildman–Crippen MR) is 127 cm³/mol. The summed E-state index contributed by atoms with van der Waals surface area (Å²) in [5, 5.41) is 3.76. The Bertz CT molecular complexity index is 835. The van der Waals surface area contributed by atoms with E-state index >= 15 is 0 Å². The first-order valence-electron chi connectivity index (χ1n) is 10.8. The fourth-order valence-corrected chi connectivity index (χ4v) is 3.19. The zero-order valence-corrected chi connectivity index (χ0v) is 19.6. The van der Waals surface area contributed by atoms with Crippen molar-refractivity contribution in [3.05, 3.63) is 65.2 Å². The molecule has 0 N–H and O–H groups in total. The molecule has 0 saturated carbocycles. The SMILES string of the molecule is C/C=C/COc1cc(C)c(OC(C)CCC(C)Oc2ccc(C=NOC)cc2)c(C)c1. The Morgan fingerprint density at radius 1 is 0.903 bits per heavy atom. The lowest BCUT2D eigenvalue weighted by Crippen LogP contribution is -2.19. The normalized spacial score (nSPS) is 13.4. The van der Waals surface area contributed by atoms with Crippen LogP contribution in [0.1, 0.15) is 50.3 Å². The van der Waals surface area contributed by atoms with Crippen molar-refractivity contribution in [3.8, 4) is 17.2 Å². The molecule has 0 radical (unpaired) electrons. The van der Waals surface area contributed by atoms with Gasteiger partial charge in [-0.25, -0.2) is 0 Å². The van der Waals surface area contributed by atoms with Crippen molar-refractivity contribution >= 4 is 6.21 Å². The molecule has 2 atom stereocenters. The molecule has 0 aromatic heterocycles. The van der Waals surface area contributed by atoms with E-state index in [-0.39, 0.29) is 12.2 Å². The molecule has 2 unspecified atom stereocenters.